The predicted molar refractivity (Wildman–Crippen MR) is 116 cm³/mol. The van der Waals surface area contributed by atoms with Gasteiger partial charge in [0.25, 0.3) is 5.22 Å². The first-order chi connectivity index (χ1) is 14.4. The number of ether oxygens (including phenoxy) is 2. The van der Waals surface area contributed by atoms with E-state index in [0.717, 1.165) is 22.7 Å². The molecule has 0 saturated carbocycles. The largest absolute Gasteiger partial charge is 0.494 e. The van der Waals surface area contributed by atoms with Crippen molar-refractivity contribution in [2.45, 2.75) is 39.0 Å². The number of thioether (sulfide) groups is 1. The predicted octanol–water partition coefficient (Wildman–Crippen LogP) is 4.74. The van der Waals surface area contributed by atoms with Crippen LogP contribution in [0.5, 0.6) is 5.75 Å². The fraction of sp³-hybridized carbons (Fsp3) is 0.409. The molecule has 0 fully saturated rings. The van der Waals surface area contributed by atoms with Crippen LogP contribution in [0.15, 0.2) is 40.0 Å². The van der Waals surface area contributed by atoms with E-state index in [2.05, 4.69) is 21.7 Å². The van der Waals surface area contributed by atoms with Gasteiger partial charge in [-0.05, 0) is 58.0 Å². The Morgan fingerprint density at radius 2 is 1.97 bits per heavy atom. The first-order valence-electron chi connectivity index (χ1n) is 9.84. The molecule has 7 nitrogen and oxygen atoms in total. The standard InChI is InChI=1S/C22H27N3O4S/c1-6-28-18-9-7-17(8-10-18)21-23-24-22(29-21)30-13-20(26)19-11-14(2)25(16(19)4)15(3)12-27-5/h7-11,15H,6,12-13H2,1-5H3/t15-/m0/s1. The molecule has 3 aromatic rings. The molecule has 0 bridgehead atoms. The Morgan fingerprint density at radius 1 is 1.23 bits per heavy atom. The topological polar surface area (TPSA) is 79.4 Å². The Labute approximate surface area is 180 Å². The molecule has 0 spiro atoms. The van der Waals surface area contributed by atoms with Crippen molar-refractivity contribution in [2.75, 3.05) is 26.1 Å². The molecule has 2 aromatic heterocycles. The van der Waals surface area contributed by atoms with E-state index in [1.807, 2.05) is 51.1 Å². The summed E-state index contributed by atoms with van der Waals surface area (Å²) in [4.78, 5) is 12.8. The molecule has 0 saturated heterocycles. The van der Waals surface area contributed by atoms with Crippen LogP contribution in [0.2, 0.25) is 0 Å². The summed E-state index contributed by atoms with van der Waals surface area (Å²) in [6.07, 6.45) is 0. The zero-order chi connectivity index (χ0) is 21.7. The minimum absolute atomic E-state index is 0.0322. The first-order valence-corrected chi connectivity index (χ1v) is 10.8. The van der Waals surface area contributed by atoms with E-state index in [0.29, 0.717) is 29.9 Å². The summed E-state index contributed by atoms with van der Waals surface area (Å²) < 4.78 is 18.5. The molecule has 0 aliphatic carbocycles. The first kappa shape index (κ1) is 22.1. The van der Waals surface area contributed by atoms with Crippen LogP contribution >= 0.6 is 11.8 Å². The van der Waals surface area contributed by atoms with Crippen LogP contribution in [0.25, 0.3) is 11.5 Å². The molecule has 0 aliphatic heterocycles. The highest BCUT2D eigenvalue weighted by atomic mass is 32.2. The maximum Gasteiger partial charge on any atom is 0.277 e. The molecule has 3 rings (SSSR count). The second-order valence-corrected chi connectivity index (χ2v) is 7.93. The highest BCUT2D eigenvalue weighted by Gasteiger charge is 2.20. The fourth-order valence-electron chi connectivity index (χ4n) is 3.50. The van der Waals surface area contributed by atoms with E-state index in [1.54, 1.807) is 7.11 Å². The van der Waals surface area contributed by atoms with E-state index in [-0.39, 0.29) is 17.6 Å². The number of rotatable bonds is 10. The second kappa shape index (κ2) is 9.95. The highest BCUT2D eigenvalue weighted by molar-refractivity contribution is 7.99. The summed E-state index contributed by atoms with van der Waals surface area (Å²) in [5, 5.41) is 8.51. The van der Waals surface area contributed by atoms with Crippen LogP contribution in [0.3, 0.4) is 0 Å². The quantitative estimate of drug-likeness (QED) is 0.340. The van der Waals surface area contributed by atoms with Gasteiger partial charge in [-0.15, -0.1) is 10.2 Å². The molecule has 1 atom stereocenters. The minimum Gasteiger partial charge on any atom is -0.494 e. The van der Waals surface area contributed by atoms with Crippen molar-refractivity contribution >= 4 is 17.5 Å². The zero-order valence-electron chi connectivity index (χ0n) is 18.0. The molecule has 0 unspecified atom stereocenters. The van der Waals surface area contributed by atoms with Crippen molar-refractivity contribution in [3.05, 3.63) is 47.3 Å². The third kappa shape index (κ3) is 4.94. The molecule has 0 N–H and O–H groups in total. The van der Waals surface area contributed by atoms with Gasteiger partial charge in [0.15, 0.2) is 5.78 Å². The van der Waals surface area contributed by atoms with Crippen LogP contribution < -0.4 is 4.74 Å². The lowest BCUT2D eigenvalue weighted by atomic mass is 10.2. The molecule has 1 aromatic carbocycles. The SMILES string of the molecule is CCOc1ccc(-c2nnc(SCC(=O)c3cc(C)n([C@@H](C)COC)c3C)o2)cc1. The van der Waals surface area contributed by atoms with Gasteiger partial charge in [0, 0.05) is 29.6 Å². The van der Waals surface area contributed by atoms with Gasteiger partial charge in [-0.1, -0.05) is 11.8 Å². The highest BCUT2D eigenvalue weighted by Crippen LogP contribution is 2.27. The van der Waals surface area contributed by atoms with Gasteiger partial charge in [0.2, 0.25) is 5.89 Å². The molecule has 160 valence electrons. The van der Waals surface area contributed by atoms with Crippen molar-refractivity contribution in [3.8, 4) is 17.2 Å². The third-order valence-electron chi connectivity index (χ3n) is 4.78. The number of aryl methyl sites for hydroxylation is 1. The van der Waals surface area contributed by atoms with Crippen molar-refractivity contribution in [3.63, 3.8) is 0 Å². The summed E-state index contributed by atoms with van der Waals surface area (Å²) in [6.45, 7) is 9.19. The van der Waals surface area contributed by atoms with Crippen molar-refractivity contribution in [2.24, 2.45) is 0 Å². The van der Waals surface area contributed by atoms with Crippen molar-refractivity contribution < 1.29 is 18.7 Å². The number of carbonyl (C=O) groups is 1. The summed E-state index contributed by atoms with van der Waals surface area (Å²) in [6, 6.07) is 9.56. The number of benzene rings is 1. The van der Waals surface area contributed by atoms with Crippen molar-refractivity contribution in [1.29, 1.82) is 0 Å². The summed E-state index contributed by atoms with van der Waals surface area (Å²) in [7, 11) is 1.68. The molecule has 2 heterocycles. The molecule has 8 heteroatoms. The van der Waals surface area contributed by atoms with Gasteiger partial charge in [0.1, 0.15) is 5.75 Å². The molecular weight excluding hydrogens is 402 g/mol. The monoisotopic (exact) mass is 429 g/mol. The Morgan fingerprint density at radius 3 is 2.63 bits per heavy atom. The average Bonchev–Trinajstić information content (AvgIpc) is 3.31. The summed E-state index contributed by atoms with van der Waals surface area (Å²) in [5.74, 6) is 1.47. The number of Topliss-reactive ketones (excluding diaryl/α,β-unsaturated/α-hetero) is 1. The minimum atomic E-state index is 0.0322. The third-order valence-corrected chi connectivity index (χ3v) is 5.60. The molecule has 0 amide bonds. The number of carbonyl (C=O) groups excluding carboxylic acids is 1. The Hall–Kier alpha value is -2.58. The normalized spacial score (nSPS) is 12.2. The van der Waals surface area contributed by atoms with Gasteiger partial charge in [-0.2, -0.15) is 0 Å². The van der Waals surface area contributed by atoms with E-state index in [9.17, 15) is 4.79 Å². The number of hydrogen-bond donors (Lipinski definition) is 0. The lowest BCUT2D eigenvalue weighted by Crippen LogP contribution is -2.14. The molecule has 0 aliphatic rings. The second-order valence-electron chi connectivity index (χ2n) is 7.00. The lowest BCUT2D eigenvalue weighted by molar-refractivity contribution is 0.102. The fourth-order valence-corrected chi connectivity index (χ4v) is 4.15. The number of hydrogen-bond acceptors (Lipinski definition) is 7. The Bertz CT molecular complexity index is 994. The van der Waals surface area contributed by atoms with E-state index in [1.165, 1.54) is 11.8 Å². The number of methoxy groups -OCH3 is 1. The van der Waals surface area contributed by atoms with Crippen molar-refractivity contribution in [1.82, 2.24) is 14.8 Å². The van der Waals surface area contributed by atoms with Crippen LogP contribution in [-0.4, -0.2) is 46.6 Å². The van der Waals surface area contributed by atoms with Crippen LogP contribution in [0.4, 0.5) is 0 Å². The summed E-state index contributed by atoms with van der Waals surface area (Å²) in [5.41, 5.74) is 3.51. The maximum absolute atomic E-state index is 12.8. The van der Waals surface area contributed by atoms with Crippen LogP contribution in [0, 0.1) is 13.8 Å². The maximum atomic E-state index is 12.8. The van der Waals surface area contributed by atoms with Gasteiger partial charge >= 0.3 is 0 Å². The number of ketones is 1. The van der Waals surface area contributed by atoms with E-state index in [4.69, 9.17) is 13.9 Å². The molecule has 30 heavy (non-hydrogen) atoms. The Balaban J connectivity index is 1.65. The van der Waals surface area contributed by atoms with Gasteiger partial charge in [-0.25, -0.2) is 0 Å². The zero-order valence-corrected chi connectivity index (χ0v) is 18.8. The lowest BCUT2D eigenvalue weighted by Gasteiger charge is -2.17. The average molecular weight is 430 g/mol. The van der Waals surface area contributed by atoms with Crippen LogP contribution in [-0.2, 0) is 4.74 Å². The Kier molecular flexibility index (Phi) is 7.33. The van der Waals surface area contributed by atoms with E-state index < -0.39 is 0 Å². The van der Waals surface area contributed by atoms with E-state index >= 15 is 0 Å². The summed E-state index contributed by atoms with van der Waals surface area (Å²) >= 11 is 1.24. The molecular formula is C22H27N3O4S. The van der Waals surface area contributed by atoms with Crippen LogP contribution in [0.1, 0.15) is 41.6 Å². The van der Waals surface area contributed by atoms with Gasteiger partial charge in [-0.3, -0.25) is 4.79 Å². The molecule has 0 radical (unpaired) electrons. The van der Waals surface area contributed by atoms with Gasteiger partial charge in [0.05, 0.1) is 25.0 Å². The smallest absolute Gasteiger partial charge is 0.277 e. The van der Waals surface area contributed by atoms with Gasteiger partial charge < -0.3 is 18.5 Å². The number of aromatic nitrogens is 3. The number of nitrogens with zero attached hydrogens (tertiary/aromatic N) is 3.